The normalized spacial score (nSPS) is 14.1. The van der Waals surface area contributed by atoms with Crippen LogP contribution in [0.2, 0.25) is 0 Å². The quantitative estimate of drug-likeness (QED) is 0.339. The van der Waals surface area contributed by atoms with Gasteiger partial charge in [-0.05, 0) is 50.2 Å². The maximum Gasteiger partial charge on any atom is 0.138 e. The predicted octanol–water partition coefficient (Wildman–Crippen LogP) is 5.30. The summed E-state index contributed by atoms with van der Waals surface area (Å²) in [5.74, 6) is 0.459. The van der Waals surface area contributed by atoms with Gasteiger partial charge in [0.2, 0.25) is 0 Å². The van der Waals surface area contributed by atoms with Gasteiger partial charge in [-0.2, -0.15) is 5.10 Å². The lowest BCUT2D eigenvalue weighted by Crippen LogP contribution is -2.25. The molecule has 0 aliphatic carbocycles. The first-order chi connectivity index (χ1) is 17.2. The molecule has 1 aromatic carbocycles. The number of benzene rings is 1. The minimum absolute atomic E-state index is 0.275. The van der Waals surface area contributed by atoms with E-state index in [0.29, 0.717) is 12.2 Å². The molecular formula is C27H25FN6O. The first kappa shape index (κ1) is 21.5. The number of ether oxygens (including phenoxy) is 1. The van der Waals surface area contributed by atoms with Crippen LogP contribution in [0.25, 0.3) is 44.7 Å². The number of pyridine rings is 2. The monoisotopic (exact) mass is 468 g/mol. The summed E-state index contributed by atoms with van der Waals surface area (Å²) in [5.41, 5.74) is 5.39. The van der Waals surface area contributed by atoms with Crippen LogP contribution in [-0.2, 0) is 0 Å². The highest BCUT2D eigenvalue weighted by Gasteiger charge is 2.15. The molecule has 5 aromatic rings. The summed E-state index contributed by atoms with van der Waals surface area (Å²) < 4.78 is 20.4. The SMILES string of the molecule is Fc1ccccc1-c1cncc2[nH]c(-c3cc(-c4cncc(OCCN5CCCC5)c4)n[nH]3)cc12. The van der Waals surface area contributed by atoms with E-state index in [1.807, 2.05) is 24.3 Å². The van der Waals surface area contributed by atoms with Crippen LogP contribution < -0.4 is 4.74 Å². The second-order valence-corrected chi connectivity index (χ2v) is 8.78. The largest absolute Gasteiger partial charge is 0.491 e. The Morgan fingerprint density at radius 1 is 0.914 bits per heavy atom. The lowest BCUT2D eigenvalue weighted by Gasteiger charge is -2.14. The van der Waals surface area contributed by atoms with Crippen LogP contribution in [0.15, 0.2) is 67.3 Å². The van der Waals surface area contributed by atoms with E-state index in [-0.39, 0.29) is 5.82 Å². The number of hydrogen-bond acceptors (Lipinski definition) is 5. The lowest BCUT2D eigenvalue weighted by molar-refractivity contribution is 0.237. The molecule has 6 rings (SSSR count). The Kier molecular flexibility index (Phi) is 5.71. The summed E-state index contributed by atoms with van der Waals surface area (Å²) >= 11 is 0. The molecule has 0 amide bonds. The van der Waals surface area contributed by atoms with Crippen molar-refractivity contribution in [3.05, 3.63) is 73.1 Å². The number of halogens is 1. The highest BCUT2D eigenvalue weighted by molar-refractivity contribution is 5.97. The van der Waals surface area contributed by atoms with Crippen molar-refractivity contribution in [2.75, 3.05) is 26.2 Å². The number of aromatic amines is 2. The Labute approximate surface area is 202 Å². The van der Waals surface area contributed by atoms with Gasteiger partial charge in [-0.25, -0.2) is 4.39 Å². The summed E-state index contributed by atoms with van der Waals surface area (Å²) in [6.45, 7) is 3.89. The van der Waals surface area contributed by atoms with Crippen LogP contribution in [0.3, 0.4) is 0 Å². The zero-order chi connectivity index (χ0) is 23.6. The number of fused-ring (bicyclic) bond motifs is 1. The average molecular weight is 469 g/mol. The molecule has 0 bridgehead atoms. The minimum Gasteiger partial charge on any atom is -0.491 e. The molecule has 4 aromatic heterocycles. The second kappa shape index (κ2) is 9.31. The molecular weight excluding hydrogens is 443 g/mol. The zero-order valence-electron chi connectivity index (χ0n) is 19.2. The van der Waals surface area contributed by atoms with E-state index in [1.54, 1.807) is 36.9 Å². The summed E-state index contributed by atoms with van der Waals surface area (Å²) in [6.07, 6.45) is 9.49. The van der Waals surface area contributed by atoms with Crippen LogP contribution in [0.5, 0.6) is 5.75 Å². The molecule has 0 radical (unpaired) electrons. The fourth-order valence-electron chi connectivity index (χ4n) is 4.63. The molecule has 176 valence electrons. The number of nitrogens with one attached hydrogen (secondary N) is 2. The predicted molar refractivity (Wildman–Crippen MR) is 133 cm³/mol. The maximum absolute atomic E-state index is 14.4. The van der Waals surface area contributed by atoms with E-state index in [1.165, 1.54) is 18.9 Å². The third-order valence-corrected chi connectivity index (χ3v) is 6.46. The maximum atomic E-state index is 14.4. The minimum atomic E-state index is -0.275. The number of rotatable bonds is 7. The third kappa shape index (κ3) is 4.40. The smallest absolute Gasteiger partial charge is 0.138 e. The Hall–Kier alpha value is -4.04. The van der Waals surface area contributed by atoms with Gasteiger partial charge in [-0.15, -0.1) is 0 Å². The average Bonchev–Trinajstić information content (AvgIpc) is 3.65. The molecule has 7 nitrogen and oxygen atoms in total. The summed E-state index contributed by atoms with van der Waals surface area (Å²) in [4.78, 5) is 14.4. The Morgan fingerprint density at radius 3 is 2.66 bits per heavy atom. The van der Waals surface area contributed by atoms with Crippen LogP contribution >= 0.6 is 0 Å². The Bertz CT molecular complexity index is 1470. The first-order valence-electron chi connectivity index (χ1n) is 11.8. The fraction of sp³-hybridized carbons (Fsp3) is 0.222. The van der Waals surface area contributed by atoms with Gasteiger partial charge >= 0.3 is 0 Å². The van der Waals surface area contributed by atoms with Crippen molar-refractivity contribution in [2.45, 2.75) is 12.8 Å². The number of nitrogens with zero attached hydrogens (tertiary/aromatic N) is 4. The van der Waals surface area contributed by atoms with Gasteiger partial charge in [-0.3, -0.25) is 20.0 Å². The fourth-order valence-corrected chi connectivity index (χ4v) is 4.63. The van der Waals surface area contributed by atoms with Gasteiger partial charge < -0.3 is 9.72 Å². The van der Waals surface area contributed by atoms with Crippen molar-refractivity contribution in [3.8, 4) is 39.5 Å². The molecule has 1 aliphatic rings. The van der Waals surface area contributed by atoms with Crippen molar-refractivity contribution in [1.82, 2.24) is 30.0 Å². The molecule has 35 heavy (non-hydrogen) atoms. The zero-order valence-corrected chi connectivity index (χ0v) is 19.2. The number of hydrogen-bond donors (Lipinski definition) is 2. The van der Waals surface area contributed by atoms with Gasteiger partial charge in [0.25, 0.3) is 0 Å². The standard InChI is InChI=1S/C27H25FN6O/c28-23-6-2-1-5-20(23)22-16-30-17-27-21(22)12-25(31-27)26-13-24(32-33-26)18-11-19(15-29-14-18)35-10-9-34-7-3-4-8-34/h1-2,5-6,11-17,31H,3-4,7-10H2,(H,32,33). The van der Waals surface area contributed by atoms with Gasteiger partial charge in [0.05, 0.1) is 35.0 Å². The highest BCUT2D eigenvalue weighted by atomic mass is 19.1. The van der Waals surface area contributed by atoms with E-state index in [4.69, 9.17) is 4.74 Å². The molecule has 2 N–H and O–H groups in total. The third-order valence-electron chi connectivity index (χ3n) is 6.46. The van der Waals surface area contributed by atoms with Gasteiger partial charge in [0, 0.05) is 41.0 Å². The van der Waals surface area contributed by atoms with E-state index in [0.717, 1.165) is 64.5 Å². The lowest BCUT2D eigenvalue weighted by atomic mass is 10.0. The molecule has 0 spiro atoms. The molecule has 0 atom stereocenters. The van der Waals surface area contributed by atoms with Crippen LogP contribution in [-0.4, -0.2) is 56.3 Å². The first-order valence-corrected chi connectivity index (χ1v) is 11.8. The topological polar surface area (TPSA) is 82.7 Å². The van der Waals surface area contributed by atoms with E-state index in [9.17, 15) is 4.39 Å². The molecule has 5 heterocycles. The van der Waals surface area contributed by atoms with Crippen molar-refractivity contribution >= 4 is 10.9 Å². The highest BCUT2D eigenvalue weighted by Crippen LogP contribution is 2.33. The second-order valence-electron chi connectivity index (χ2n) is 8.78. The molecule has 1 aliphatic heterocycles. The summed E-state index contributed by atoms with van der Waals surface area (Å²) in [6, 6.07) is 12.6. The number of likely N-dealkylation sites (tertiary alicyclic amines) is 1. The Morgan fingerprint density at radius 2 is 1.77 bits per heavy atom. The van der Waals surface area contributed by atoms with Crippen LogP contribution in [0.4, 0.5) is 4.39 Å². The number of H-pyrrole nitrogens is 2. The van der Waals surface area contributed by atoms with Crippen LogP contribution in [0, 0.1) is 5.82 Å². The van der Waals surface area contributed by atoms with E-state index < -0.39 is 0 Å². The van der Waals surface area contributed by atoms with Crippen molar-refractivity contribution in [3.63, 3.8) is 0 Å². The molecule has 1 fully saturated rings. The van der Waals surface area contributed by atoms with Gasteiger partial charge in [-0.1, -0.05) is 18.2 Å². The molecule has 0 unspecified atom stereocenters. The summed E-state index contributed by atoms with van der Waals surface area (Å²) in [5, 5.41) is 8.48. The van der Waals surface area contributed by atoms with Gasteiger partial charge in [0.15, 0.2) is 0 Å². The summed E-state index contributed by atoms with van der Waals surface area (Å²) in [7, 11) is 0. The van der Waals surface area contributed by atoms with Crippen molar-refractivity contribution in [1.29, 1.82) is 0 Å². The van der Waals surface area contributed by atoms with Crippen molar-refractivity contribution < 1.29 is 9.13 Å². The molecule has 0 saturated carbocycles. The van der Waals surface area contributed by atoms with E-state index in [2.05, 4.69) is 30.0 Å². The van der Waals surface area contributed by atoms with Gasteiger partial charge in [0.1, 0.15) is 18.2 Å². The van der Waals surface area contributed by atoms with Crippen molar-refractivity contribution in [2.24, 2.45) is 0 Å². The Balaban J connectivity index is 1.24. The van der Waals surface area contributed by atoms with E-state index >= 15 is 0 Å². The van der Waals surface area contributed by atoms with Crippen LogP contribution in [0.1, 0.15) is 12.8 Å². The molecule has 1 saturated heterocycles. The molecule has 8 heteroatoms. The number of aromatic nitrogens is 5.